The minimum atomic E-state index is 0.720. The number of H-pyrrole nitrogens is 1. The number of hydrogen-bond donors (Lipinski definition) is 2. The summed E-state index contributed by atoms with van der Waals surface area (Å²) in [7, 11) is 0. The number of anilines is 1. The number of benzene rings is 2. The van der Waals surface area contributed by atoms with Gasteiger partial charge >= 0.3 is 0 Å². The summed E-state index contributed by atoms with van der Waals surface area (Å²) in [6, 6.07) is 18.9. The molecule has 2 N–H and O–H groups in total. The minimum Gasteiger partial charge on any atom is -0.360 e. The highest BCUT2D eigenvalue weighted by atomic mass is 32.1. The van der Waals surface area contributed by atoms with Gasteiger partial charge in [-0.25, -0.2) is 9.97 Å². The first kappa shape index (κ1) is 17.6. The van der Waals surface area contributed by atoms with E-state index in [4.69, 9.17) is 0 Å². The third kappa shape index (κ3) is 3.50. The fourth-order valence-electron chi connectivity index (χ4n) is 3.48. The van der Waals surface area contributed by atoms with Gasteiger partial charge in [0, 0.05) is 34.0 Å². The van der Waals surface area contributed by atoms with Gasteiger partial charge in [-0.2, -0.15) is 5.10 Å². The number of nitrogens with one attached hydrogen (secondary N) is 2. The first-order valence-electron chi connectivity index (χ1n) is 9.41. The molecule has 0 amide bonds. The van der Waals surface area contributed by atoms with Crippen LogP contribution in [0.15, 0.2) is 72.2 Å². The Morgan fingerprint density at radius 2 is 1.97 bits per heavy atom. The zero-order valence-electron chi connectivity index (χ0n) is 15.9. The van der Waals surface area contributed by atoms with E-state index < -0.39 is 0 Å². The summed E-state index contributed by atoms with van der Waals surface area (Å²) in [6.07, 6.45) is 6.27. The van der Waals surface area contributed by atoms with Crippen LogP contribution in [0.5, 0.6) is 0 Å². The highest BCUT2D eigenvalue weighted by Gasteiger charge is 2.09. The van der Waals surface area contributed by atoms with Gasteiger partial charge in [-0.3, -0.25) is 5.43 Å². The molecule has 0 spiro atoms. The Hall–Kier alpha value is -3.51. The van der Waals surface area contributed by atoms with Gasteiger partial charge in [0.25, 0.3) is 0 Å². The van der Waals surface area contributed by atoms with Crippen LogP contribution in [0.2, 0.25) is 0 Å². The molecule has 0 saturated carbocycles. The maximum absolute atomic E-state index is 4.43. The summed E-state index contributed by atoms with van der Waals surface area (Å²) >= 11 is 1.69. The van der Waals surface area contributed by atoms with E-state index in [1.165, 1.54) is 16.0 Å². The summed E-state index contributed by atoms with van der Waals surface area (Å²) in [5, 5.41) is 6.58. The van der Waals surface area contributed by atoms with Crippen molar-refractivity contribution in [3.05, 3.63) is 88.7 Å². The largest absolute Gasteiger partial charge is 0.360 e. The monoisotopic (exact) mass is 397 g/mol. The molecule has 0 aliphatic heterocycles. The summed E-state index contributed by atoms with van der Waals surface area (Å²) in [4.78, 5) is 14.3. The van der Waals surface area contributed by atoms with Crippen LogP contribution >= 0.6 is 11.3 Å². The summed E-state index contributed by atoms with van der Waals surface area (Å²) in [5.74, 6) is 0.720. The quantitative estimate of drug-likeness (QED) is 0.303. The Labute approximate surface area is 172 Å². The Morgan fingerprint density at radius 1 is 1.07 bits per heavy atom. The summed E-state index contributed by atoms with van der Waals surface area (Å²) in [5.41, 5.74) is 7.78. The standard InChI is InChI=1S/C23H19N5S/c1-15-6-5-9-19-17(12-24-21(15)19)13-27-28-22-20-11-18(29-23(20)26-14-25-22)10-16-7-3-2-4-8-16/h2-9,11-14,24H,10H2,1H3,(H,25,26,28)/b27-13+. The van der Waals surface area contributed by atoms with E-state index in [1.54, 1.807) is 17.7 Å². The van der Waals surface area contributed by atoms with Gasteiger partial charge in [0.15, 0.2) is 5.82 Å². The third-order valence-electron chi connectivity index (χ3n) is 4.93. The number of thiophene rings is 1. The molecule has 5 aromatic rings. The van der Waals surface area contributed by atoms with Crippen LogP contribution in [-0.4, -0.2) is 21.2 Å². The normalized spacial score (nSPS) is 11.6. The summed E-state index contributed by atoms with van der Waals surface area (Å²) < 4.78 is 0. The average molecular weight is 398 g/mol. The molecule has 5 rings (SSSR count). The fourth-order valence-corrected chi connectivity index (χ4v) is 4.51. The smallest absolute Gasteiger partial charge is 0.158 e. The van der Waals surface area contributed by atoms with E-state index in [0.717, 1.165) is 38.9 Å². The van der Waals surface area contributed by atoms with E-state index in [2.05, 4.69) is 80.9 Å². The van der Waals surface area contributed by atoms with Crippen LogP contribution in [0.1, 0.15) is 21.6 Å². The zero-order chi connectivity index (χ0) is 19.6. The van der Waals surface area contributed by atoms with Gasteiger partial charge in [-0.1, -0.05) is 48.5 Å². The molecule has 0 bridgehead atoms. The van der Waals surface area contributed by atoms with Crippen molar-refractivity contribution in [1.29, 1.82) is 0 Å². The van der Waals surface area contributed by atoms with E-state index in [9.17, 15) is 0 Å². The lowest BCUT2D eigenvalue weighted by Crippen LogP contribution is -1.94. The molecule has 142 valence electrons. The molecule has 0 aliphatic rings. The van der Waals surface area contributed by atoms with Crippen LogP contribution in [0.25, 0.3) is 21.1 Å². The van der Waals surface area contributed by atoms with Crippen LogP contribution in [0.3, 0.4) is 0 Å². The topological polar surface area (TPSA) is 66.0 Å². The number of aromatic nitrogens is 3. The van der Waals surface area contributed by atoms with Crippen LogP contribution in [0, 0.1) is 6.92 Å². The molecule has 0 aliphatic carbocycles. The van der Waals surface area contributed by atoms with Gasteiger partial charge in [0.05, 0.1) is 11.6 Å². The van der Waals surface area contributed by atoms with Crippen molar-refractivity contribution >= 4 is 44.5 Å². The van der Waals surface area contributed by atoms with Gasteiger partial charge < -0.3 is 4.98 Å². The molecule has 0 unspecified atom stereocenters. The predicted octanol–water partition coefficient (Wildman–Crippen LogP) is 5.52. The Morgan fingerprint density at radius 3 is 2.86 bits per heavy atom. The van der Waals surface area contributed by atoms with Gasteiger partial charge in [0.1, 0.15) is 11.2 Å². The van der Waals surface area contributed by atoms with Gasteiger partial charge in [-0.05, 0) is 24.1 Å². The molecule has 6 heteroatoms. The lowest BCUT2D eigenvalue weighted by atomic mass is 10.1. The number of para-hydroxylation sites is 1. The Bertz CT molecular complexity index is 1320. The van der Waals surface area contributed by atoms with Gasteiger partial charge in [0.2, 0.25) is 0 Å². The molecular weight excluding hydrogens is 378 g/mol. The van der Waals surface area contributed by atoms with Crippen molar-refractivity contribution in [2.75, 3.05) is 5.43 Å². The van der Waals surface area contributed by atoms with E-state index in [-0.39, 0.29) is 0 Å². The third-order valence-corrected chi connectivity index (χ3v) is 5.97. The van der Waals surface area contributed by atoms with Crippen molar-refractivity contribution < 1.29 is 0 Å². The maximum atomic E-state index is 4.43. The molecule has 0 saturated heterocycles. The predicted molar refractivity (Wildman–Crippen MR) is 121 cm³/mol. The molecule has 2 aromatic carbocycles. The maximum Gasteiger partial charge on any atom is 0.158 e. The number of fused-ring (bicyclic) bond motifs is 2. The lowest BCUT2D eigenvalue weighted by molar-refractivity contribution is 1.19. The van der Waals surface area contributed by atoms with Crippen LogP contribution in [-0.2, 0) is 6.42 Å². The first-order chi connectivity index (χ1) is 14.3. The molecule has 3 heterocycles. The number of aryl methyl sites for hydroxylation is 1. The molecule has 0 radical (unpaired) electrons. The first-order valence-corrected chi connectivity index (χ1v) is 10.2. The molecule has 3 aromatic heterocycles. The molecule has 5 nitrogen and oxygen atoms in total. The Kier molecular flexibility index (Phi) is 4.54. The van der Waals surface area contributed by atoms with Crippen LogP contribution in [0.4, 0.5) is 5.82 Å². The van der Waals surface area contributed by atoms with Gasteiger partial charge in [-0.15, -0.1) is 11.3 Å². The molecular formula is C23H19N5S. The van der Waals surface area contributed by atoms with Crippen molar-refractivity contribution in [1.82, 2.24) is 15.0 Å². The highest BCUT2D eigenvalue weighted by molar-refractivity contribution is 7.18. The minimum absolute atomic E-state index is 0.720. The van der Waals surface area contributed by atoms with Crippen molar-refractivity contribution in [3.8, 4) is 0 Å². The summed E-state index contributed by atoms with van der Waals surface area (Å²) in [6.45, 7) is 2.10. The zero-order valence-corrected chi connectivity index (χ0v) is 16.7. The van der Waals surface area contributed by atoms with E-state index >= 15 is 0 Å². The fraction of sp³-hybridized carbons (Fsp3) is 0.0870. The second-order valence-corrected chi connectivity index (χ2v) is 8.04. The van der Waals surface area contributed by atoms with Crippen molar-refractivity contribution in [2.45, 2.75) is 13.3 Å². The van der Waals surface area contributed by atoms with E-state index in [0.29, 0.717) is 0 Å². The molecule has 29 heavy (non-hydrogen) atoms. The number of hydrazone groups is 1. The number of nitrogens with zero attached hydrogens (tertiary/aromatic N) is 3. The number of aromatic amines is 1. The second-order valence-electron chi connectivity index (χ2n) is 6.93. The average Bonchev–Trinajstić information content (AvgIpc) is 3.34. The second kappa shape index (κ2) is 7.48. The highest BCUT2D eigenvalue weighted by Crippen LogP contribution is 2.29. The lowest BCUT2D eigenvalue weighted by Gasteiger charge is -2.00. The Balaban J connectivity index is 1.40. The van der Waals surface area contributed by atoms with E-state index in [1.807, 2.05) is 18.5 Å². The number of hydrogen-bond acceptors (Lipinski definition) is 5. The molecule has 0 atom stereocenters. The van der Waals surface area contributed by atoms with Crippen molar-refractivity contribution in [2.24, 2.45) is 5.10 Å². The number of rotatable bonds is 5. The SMILES string of the molecule is Cc1cccc2c(/C=N/Nc3ncnc4sc(Cc5ccccc5)cc34)c[nH]c12. The van der Waals surface area contributed by atoms with Crippen LogP contribution < -0.4 is 5.43 Å². The molecule has 0 fully saturated rings. The van der Waals surface area contributed by atoms with Crippen molar-refractivity contribution in [3.63, 3.8) is 0 Å².